The normalized spacial score (nSPS) is 30.1. The predicted octanol–water partition coefficient (Wildman–Crippen LogP) is 1.67. The van der Waals surface area contributed by atoms with Crippen molar-refractivity contribution in [2.45, 2.75) is 46.3 Å². The summed E-state index contributed by atoms with van der Waals surface area (Å²) in [6.07, 6.45) is 1.26. The lowest BCUT2D eigenvalue weighted by Gasteiger charge is -2.36. The molecule has 0 spiro atoms. The SMILES string of the molecule is CC[C@H](C)C(=O)N1C[C@@H](C)O[C@H](C)C1. The van der Waals surface area contributed by atoms with Gasteiger partial charge in [0.25, 0.3) is 0 Å². The van der Waals surface area contributed by atoms with E-state index in [1.807, 2.05) is 25.7 Å². The Hall–Kier alpha value is -0.570. The summed E-state index contributed by atoms with van der Waals surface area (Å²) >= 11 is 0. The maximum Gasteiger partial charge on any atom is 0.225 e. The van der Waals surface area contributed by atoms with E-state index in [1.165, 1.54) is 0 Å². The first kappa shape index (κ1) is 11.5. The smallest absolute Gasteiger partial charge is 0.225 e. The molecule has 3 heteroatoms. The van der Waals surface area contributed by atoms with Crippen molar-refractivity contribution in [2.24, 2.45) is 5.92 Å². The molecule has 3 nitrogen and oxygen atoms in total. The van der Waals surface area contributed by atoms with Crippen LogP contribution >= 0.6 is 0 Å². The highest BCUT2D eigenvalue weighted by atomic mass is 16.5. The number of carbonyl (C=O) groups is 1. The average Bonchev–Trinajstić information content (AvgIpc) is 2.14. The van der Waals surface area contributed by atoms with E-state index in [-0.39, 0.29) is 24.0 Å². The molecule has 1 amide bonds. The van der Waals surface area contributed by atoms with Crippen LogP contribution in [-0.2, 0) is 9.53 Å². The molecule has 0 aromatic heterocycles. The van der Waals surface area contributed by atoms with Gasteiger partial charge in [0.2, 0.25) is 5.91 Å². The fourth-order valence-corrected chi connectivity index (χ4v) is 1.84. The van der Waals surface area contributed by atoms with Crippen molar-refractivity contribution in [3.05, 3.63) is 0 Å². The van der Waals surface area contributed by atoms with E-state index in [0.29, 0.717) is 0 Å². The van der Waals surface area contributed by atoms with Crippen LogP contribution in [0.2, 0.25) is 0 Å². The molecule has 3 atom stereocenters. The van der Waals surface area contributed by atoms with Gasteiger partial charge in [0, 0.05) is 19.0 Å². The molecule has 0 saturated carbocycles. The summed E-state index contributed by atoms with van der Waals surface area (Å²) in [4.78, 5) is 13.8. The lowest BCUT2D eigenvalue weighted by Crippen LogP contribution is -2.49. The van der Waals surface area contributed by atoms with Gasteiger partial charge in [-0.2, -0.15) is 0 Å². The van der Waals surface area contributed by atoms with Gasteiger partial charge in [-0.05, 0) is 20.3 Å². The molecule has 1 rings (SSSR count). The number of amides is 1. The molecule has 1 saturated heterocycles. The quantitative estimate of drug-likeness (QED) is 0.677. The van der Waals surface area contributed by atoms with E-state index in [0.717, 1.165) is 19.5 Å². The molecule has 0 aromatic carbocycles. The third kappa shape index (κ3) is 2.71. The van der Waals surface area contributed by atoms with Crippen molar-refractivity contribution in [3.63, 3.8) is 0 Å². The number of hydrogen-bond acceptors (Lipinski definition) is 2. The van der Waals surface area contributed by atoms with Gasteiger partial charge < -0.3 is 9.64 Å². The van der Waals surface area contributed by atoms with Crippen molar-refractivity contribution < 1.29 is 9.53 Å². The highest BCUT2D eigenvalue weighted by Gasteiger charge is 2.27. The zero-order valence-corrected chi connectivity index (χ0v) is 9.62. The van der Waals surface area contributed by atoms with Gasteiger partial charge >= 0.3 is 0 Å². The summed E-state index contributed by atoms with van der Waals surface area (Å²) in [6.45, 7) is 9.57. The molecule has 1 aliphatic rings. The zero-order valence-electron chi connectivity index (χ0n) is 9.62. The molecular weight excluding hydrogens is 178 g/mol. The fraction of sp³-hybridized carbons (Fsp3) is 0.909. The topological polar surface area (TPSA) is 29.5 Å². The van der Waals surface area contributed by atoms with Crippen LogP contribution in [0.3, 0.4) is 0 Å². The molecule has 82 valence electrons. The minimum atomic E-state index is 0.146. The van der Waals surface area contributed by atoms with Crippen LogP contribution in [0, 0.1) is 5.92 Å². The minimum absolute atomic E-state index is 0.146. The Morgan fingerprint density at radius 3 is 2.36 bits per heavy atom. The molecule has 1 heterocycles. The number of nitrogens with zero attached hydrogens (tertiary/aromatic N) is 1. The summed E-state index contributed by atoms with van der Waals surface area (Å²) in [6, 6.07) is 0. The van der Waals surface area contributed by atoms with Crippen LogP contribution in [0.4, 0.5) is 0 Å². The first-order valence-electron chi connectivity index (χ1n) is 5.48. The van der Waals surface area contributed by atoms with Gasteiger partial charge in [-0.3, -0.25) is 4.79 Å². The molecule has 0 bridgehead atoms. The lowest BCUT2D eigenvalue weighted by atomic mass is 10.1. The van der Waals surface area contributed by atoms with Crippen LogP contribution in [0.1, 0.15) is 34.1 Å². The Bertz CT molecular complexity index is 195. The van der Waals surface area contributed by atoms with Gasteiger partial charge in [-0.1, -0.05) is 13.8 Å². The van der Waals surface area contributed by atoms with E-state index in [9.17, 15) is 4.79 Å². The zero-order chi connectivity index (χ0) is 10.7. The second-order valence-corrected chi connectivity index (χ2v) is 4.31. The maximum atomic E-state index is 11.9. The Kier molecular flexibility index (Phi) is 3.93. The number of morpholine rings is 1. The predicted molar refractivity (Wildman–Crippen MR) is 56.0 cm³/mol. The molecule has 0 radical (unpaired) electrons. The first-order valence-corrected chi connectivity index (χ1v) is 5.48. The molecule has 1 fully saturated rings. The molecule has 0 N–H and O–H groups in total. The molecule has 0 aliphatic carbocycles. The van der Waals surface area contributed by atoms with Crippen LogP contribution in [0.15, 0.2) is 0 Å². The molecule has 0 unspecified atom stereocenters. The minimum Gasteiger partial charge on any atom is -0.372 e. The Morgan fingerprint density at radius 2 is 1.93 bits per heavy atom. The monoisotopic (exact) mass is 199 g/mol. The lowest BCUT2D eigenvalue weighted by molar-refractivity contribution is -0.147. The highest BCUT2D eigenvalue weighted by Crippen LogP contribution is 2.14. The van der Waals surface area contributed by atoms with Gasteiger partial charge in [0.15, 0.2) is 0 Å². The van der Waals surface area contributed by atoms with Gasteiger partial charge in [-0.15, -0.1) is 0 Å². The van der Waals surface area contributed by atoms with Crippen LogP contribution in [0.5, 0.6) is 0 Å². The maximum absolute atomic E-state index is 11.9. The van der Waals surface area contributed by atoms with E-state index in [2.05, 4.69) is 6.92 Å². The fourth-order valence-electron chi connectivity index (χ4n) is 1.84. The van der Waals surface area contributed by atoms with E-state index >= 15 is 0 Å². The first-order chi connectivity index (χ1) is 6.54. The molecule has 1 aliphatic heterocycles. The molecule has 0 aromatic rings. The Balaban J connectivity index is 2.54. The van der Waals surface area contributed by atoms with E-state index < -0.39 is 0 Å². The standard InChI is InChI=1S/C11H21NO2/c1-5-8(2)11(13)12-6-9(3)14-10(4)7-12/h8-10H,5-7H2,1-4H3/t8-,9+,10+/m0/s1. The van der Waals surface area contributed by atoms with Crippen molar-refractivity contribution in [2.75, 3.05) is 13.1 Å². The summed E-state index contributed by atoms with van der Waals surface area (Å²) in [5, 5.41) is 0. The van der Waals surface area contributed by atoms with Crippen molar-refractivity contribution >= 4 is 5.91 Å². The van der Waals surface area contributed by atoms with Crippen LogP contribution in [0.25, 0.3) is 0 Å². The van der Waals surface area contributed by atoms with Gasteiger partial charge in [-0.25, -0.2) is 0 Å². The second-order valence-electron chi connectivity index (χ2n) is 4.31. The number of hydrogen-bond donors (Lipinski definition) is 0. The highest BCUT2D eigenvalue weighted by molar-refractivity contribution is 5.78. The number of carbonyl (C=O) groups excluding carboxylic acids is 1. The number of ether oxygens (including phenoxy) is 1. The average molecular weight is 199 g/mol. The van der Waals surface area contributed by atoms with Crippen LogP contribution < -0.4 is 0 Å². The number of rotatable bonds is 2. The van der Waals surface area contributed by atoms with Crippen molar-refractivity contribution in [3.8, 4) is 0 Å². The third-order valence-corrected chi connectivity index (χ3v) is 2.77. The summed E-state index contributed by atoms with van der Waals surface area (Å²) in [5.41, 5.74) is 0. The third-order valence-electron chi connectivity index (χ3n) is 2.77. The molecular formula is C11H21NO2. The Morgan fingerprint density at radius 1 is 1.43 bits per heavy atom. The van der Waals surface area contributed by atoms with Gasteiger partial charge in [0.1, 0.15) is 0 Å². The second kappa shape index (κ2) is 4.78. The molecule has 14 heavy (non-hydrogen) atoms. The summed E-state index contributed by atoms with van der Waals surface area (Å²) in [7, 11) is 0. The largest absolute Gasteiger partial charge is 0.372 e. The van der Waals surface area contributed by atoms with Gasteiger partial charge in [0.05, 0.1) is 12.2 Å². The van der Waals surface area contributed by atoms with Crippen LogP contribution in [-0.4, -0.2) is 36.1 Å². The van der Waals surface area contributed by atoms with E-state index in [4.69, 9.17) is 4.74 Å². The van der Waals surface area contributed by atoms with Crippen molar-refractivity contribution in [1.82, 2.24) is 4.90 Å². The summed E-state index contributed by atoms with van der Waals surface area (Å²) < 4.78 is 5.59. The Labute approximate surface area is 86.4 Å². The summed E-state index contributed by atoms with van der Waals surface area (Å²) in [5.74, 6) is 0.419. The van der Waals surface area contributed by atoms with E-state index in [1.54, 1.807) is 0 Å². The van der Waals surface area contributed by atoms with Crippen molar-refractivity contribution in [1.29, 1.82) is 0 Å².